The number of halogens is 1. The first-order chi connectivity index (χ1) is 8.83. The van der Waals surface area contributed by atoms with E-state index in [2.05, 4.69) is 22.2 Å². The highest BCUT2D eigenvalue weighted by atomic mass is 35.5. The van der Waals surface area contributed by atoms with E-state index in [0.717, 1.165) is 36.8 Å². The first-order valence-corrected chi connectivity index (χ1v) is 6.63. The van der Waals surface area contributed by atoms with Gasteiger partial charge >= 0.3 is 0 Å². The highest BCUT2D eigenvalue weighted by Gasteiger charge is 2.28. The van der Waals surface area contributed by atoms with Crippen LogP contribution in [0.15, 0.2) is 24.3 Å². The number of hydrazine groups is 1. The summed E-state index contributed by atoms with van der Waals surface area (Å²) in [5.74, 6) is 0.488. The molecule has 1 aromatic carbocycles. The predicted octanol–water partition coefficient (Wildman–Crippen LogP) is 1.34. The molecule has 100 valence electrons. The van der Waals surface area contributed by atoms with Gasteiger partial charge in [0, 0.05) is 37.7 Å². The summed E-state index contributed by atoms with van der Waals surface area (Å²) in [6.45, 7) is 3.50. The lowest BCUT2D eigenvalue weighted by atomic mass is 9.95. The zero-order chi connectivity index (χ0) is 12.8. The molecule has 2 atom stereocenters. The number of nitrogens with one attached hydrogen (secondary N) is 3. The Bertz CT molecular complexity index is 375. The average molecular weight is 270 g/mol. The number of benzene rings is 1. The Morgan fingerprint density at radius 3 is 3.06 bits per heavy atom. The molecule has 1 aliphatic heterocycles. The second kappa shape index (κ2) is 7.07. The molecule has 2 unspecified atom stereocenters. The largest absolute Gasteiger partial charge is 0.383 e. The molecule has 0 spiro atoms. The lowest BCUT2D eigenvalue weighted by molar-refractivity contribution is 0.197. The highest BCUT2D eigenvalue weighted by molar-refractivity contribution is 6.31. The Kier molecular flexibility index (Phi) is 5.41. The quantitative estimate of drug-likeness (QED) is 0.682. The molecule has 1 fully saturated rings. The minimum absolute atomic E-state index is 0.258. The van der Waals surface area contributed by atoms with Crippen LogP contribution in [0.2, 0.25) is 5.02 Å². The van der Waals surface area contributed by atoms with Gasteiger partial charge in [-0.15, -0.1) is 0 Å². The Hall–Kier alpha value is -0.650. The van der Waals surface area contributed by atoms with Gasteiger partial charge in [0.15, 0.2) is 0 Å². The number of hydrogen-bond donors (Lipinski definition) is 3. The number of methoxy groups -OCH3 is 1. The molecule has 0 aromatic heterocycles. The van der Waals surface area contributed by atoms with E-state index in [1.54, 1.807) is 7.11 Å². The van der Waals surface area contributed by atoms with E-state index in [4.69, 9.17) is 16.3 Å². The maximum Gasteiger partial charge on any atom is 0.0587 e. The van der Waals surface area contributed by atoms with Gasteiger partial charge in [0.2, 0.25) is 0 Å². The zero-order valence-electron chi connectivity index (χ0n) is 10.6. The fourth-order valence-electron chi connectivity index (χ4n) is 2.25. The van der Waals surface area contributed by atoms with Gasteiger partial charge in [-0.1, -0.05) is 29.8 Å². The van der Waals surface area contributed by atoms with Crippen LogP contribution in [-0.2, 0) is 4.74 Å². The van der Waals surface area contributed by atoms with Gasteiger partial charge in [0.05, 0.1) is 12.6 Å². The molecule has 0 aliphatic carbocycles. The third-order valence-corrected chi connectivity index (χ3v) is 3.57. The molecule has 1 aliphatic rings. The average Bonchev–Trinajstić information content (AvgIpc) is 2.83. The summed E-state index contributed by atoms with van der Waals surface area (Å²) in [5.41, 5.74) is 7.66. The molecule has 5 heteroatoms. The van der Waals surface area contributed by atoms with Crippen molar-refractivity contribution in [2.75, 3.05) is 33.4 Å². The zero-order valence-corrected chi connectivity index (χ0v) is 11.3. The Labute approximate surface area is 113 Å². The van der Waals surface area contributed by atoms with Crippen LogP contribution in [0.25, 0.3) is 0 Å². The van der Waals surface area contributed by atoms with Gasteiger partial charge < -0.3 is 10.1 Å². The van der Waals surface area contributed by atoms with Crippen molar-refractivity contribution in [3.05, 3.63) is 34.9 Å². The maximum absolute atomic E-state index is 6.25. The van der Waals surface area contributed by atoms with E-state index in [1.165, 1.54) is 0 Å². The standard InChI is InChI=1S/C13H20ClN3O/c1-18-7-6-15-8-10-9-16-17-13(10)11-4-2-3-5-12(11)14/h2-5,10,13,15-17H,6-9H2,1H3. The van der Waals surface area contributed by atoms with Crippen LogP contribution in [-0.4, -0.2) is 33.4 Å². The summed E-state index contributed by atoms with van der Waals surface area (Å²) < 4.78 is 5.02. The van der Waals surface area contributed by atoms with Crippen molar-refractivity contribution in [3.63, 3.8) is 0 Å². The Morgan fingerprint density at radius 1 is 1.44 bits per heavy atom. The highest BCUT2D eigenvalue weighted by Crippen LogP contribution is 2.29. The first kappa shape index (κ1) is 13.8. The summed E-state index contributed by atoms with van der Waals surface area (Å²) in [5, 5.41) is 4.22. The molecule has 0 bridgehead atoms. The molecule has 2 rings (SSSR count). The molecule has 3 N–H and O–H groups in total. The molecule has 1 heterocycles. The summed E-state index contributed by atoms with van der Waals surface area (Å²) in [6.07, 6.45) is 0. The summed E-state index contributed by atoms with van der Waals surface area (Å²) in [6, 6.07) is 8.26. The van der Waals surface area contributed by atoms with Crippen molar-refractivity contribution in [2.24, 2.45) is 5.92 Å². The van der Waals surface area contributed by atoms with Crippen LogP contribution in [0.1, 0.15) is 11.6 Å². The van der Waals surface area contributed by atoms with Crippen LogP contribution < -0.4 is 16.2 Å². The van der Waals surface area contributed by atoms with E-state index in [1.807, 2.05) is 18.2 Å². The normalized spacial score (nSPS) is 23.4. The molecule has 18 heavy (non-hydrogen) atoms. The van der Waals surface area contributed by atoms with Gasteiger partial charge in [-0.3, -0.25) is 5.43 Å². The van der Waals surface area contributed by atoms with E-state index in [0.29, 0.717) is 5.92 Å². The molecule has 1 saturated heterocycles. The fourth-order valence-corrected chi connectivity index (χ4v) is 2.50. The van der Waals surface area contributed by atoms with Crippen molar-refractivity contribution in [3.8, 4) is 0 Å². The first-order valence-electron chi connectivity index (χ1n) is 6.25. The summed E-state index contributed by atoms with van der Waals surface area (Å²) >= 11 is 6.25. The van der Waals surface area contributed by atoms with Crippen LogP contribution >= 0.6 is 11.6 Å². The number of rotatable bonds is 6. The fraction of sp³-hybridized carbons (Fsp3) is 0.538. The van der Waals surface area contributed by atoms with E-state index >= 15 is 0 Å². The van der Waals surface area contributed by atoms with Crippen molar-refractivity contribution >= 4 is 11.6 Å². The van der Waals surface area contributed by atoms with Gasteiger partial charge in [-0.05, 0) is 11.6 Å². The minimum Gasteiger partial charge on any atom is -0.383 e. The predicted molar refractivity (Wildman–Crippen MR) is 73.6 cm³/mol. The van der Waals surface area contributed by atoms with Crippen molar-refractivity contribution in [2.45, 2.75) is 6.04 Å². The molecule has 1 aromatic rings. The molecule has 0 saturated carbocycles. The second-order valence-electron chi connectivity index (χ2n) is 4.48. The van der Waals surface area contributed by atoms with Crippen molar-refractivity contribution in [1.82, 2.24) is 16.2 Å². The molecule has 0 amide bonds. The van der Waals surface area contributed by atoms with Gasteiger partial charge in [-0.25, -0.2) is 5.43 Å². The molecule has 0 radical (unpaired) electrons. The monoisotopic (exact) mass is 269 g/mol. The van der Waals surface area contributed by atoms with Gasteiger partial charge in [0.1, 0.15) is 0 Å². The molecule has 4 nitrogen and oxygen atoms in total. The third kappa shape index (κ3) is 3.43. The topological polar surface area (TPSA) is 45.3 Å². The van der Waals surface area contributed by atoms with E-state index < -0.39 is 0 Å². The smallest absolute Gasteiger partial charge is 0.0587 e. The lowest BCUT2D eigenvalue weighted by Gasteiger charge is -2.20. The van der Waals surface area contributed by atoms with Crippen LogP contribution in [0, 0.1) is 5.92 Å². The van der Waals surface area contributed by atoms with Crippen LogP contribution in [0.4, 0.5) is 0 Å². The second-order valence-corrected chi connectivity index (χ2v) is 4.89. The van der Waals surface area contributed by atoms with Crippen molar-refractivity contribution < 1.29 is 4.74 Å². The molecular weight excluding hydrogens is 250 g/mol. The lowest BCUT2D eigenvalue weighted by Crippen LogP contribution is -2.30. The number of hydrogen-bond acceptors (Lipinski definition) is 4. The van der Waals surface area contributed by atoms with E-state index in [-0.39, 0.29) is 6.04 Å². The minimum atomic E-state index is 0.258. The maximum atomic E-state index is 6.25. The Morgan fingerprint density at radius 2 is 2.28 bits per heavy atom. The van der Waals surface area contributed by atoms with Gasteiger partial charge in [-0.2, -0.15) is 0 Å². The third-order valence-electron chi connectivity index (χ3n) is 3.22. The van der Waals surface area contributed by atoms with Crippen LogP contribution in [0.3, 0.4) is 0 Å². The number of ether oxygens (including phenoxy) is 1. The van der Waals surface area contributed by atoms with Gasteiger partial charge in [0.25, 0.3) is 0 Å². The summed E-state index contributed by atoms with van der Waals surface area (Å²) in [7, 11) is 1.72. The van der Waals surface area contributed by atoms with E-state index in [9.17, 15) is 0 Å². The van der Waals surface area contributed by atoms with Crippen molar-refractivity contribution in [1.29, 1.82) is 0 Å². The SMILES string of the molecule is COCCNCC1CNNC1c1ccccc1Cl. The Balaban J connectivity index is 1.93. The molecular formula is C13H20ClN3O. The summed E-state index contributed by atoms with van der Waals surface area (Å²) in [4.78, 5) is 0. The van der Waals surface area contributed by atoms with Crippen LogP contribution in [0.5, 0.6) is 0 Å².